The minimum atomic E-state index is 0.0683. The van der Waals surface area contributed by atoms with Crippen LogP contribution in [0, 0.1) is 0 Å². The van der Waals surface area contributed by atoms with E-state index in [4.69, 9.17) is 0 Å². The van der Waals surface area contributed by atoms with E-state index in [-0.39, 0.29) is 5.91 Å². The highest BCUT2D eigenvalue weighted by molar-refractivity contribution is 5.77. The Balaban J connectivity index is 1.89. The minimum absolute atomic E-state index is 0.0683. The van der Waals surface area contributed by atoms with Crippen LogP contribution >= 0.6 is 0 Å². The van der Waals surface area contributed by atoms with Crippen molar-refractivity contribution >= 4 is 23.8 Å². The van der Waals surface area contributed by atoms with Crippen molar-refractivity contribution in [2.45, 2.75) is 32.2 Å². The summed E-state index contributed by atoms with van der Waals surface area (Å²) in [5.41, 5.74) is 0. The molecule has 0 saturated heterocycles. The van der Waals surface area contributed by atoms with Crippen molar-refractivity contribution < 1.29 is 4.79 Å². The molecule has 21 heavy (non-hydrogen) atoms. The number of nitrogens with zero attached hydrogens (tertiary/aromatic N) is 4. The van der Waals surface area contributed by atoms with Gasteiger partial charge in [0.25, 0.3) is 0 Å². The Hall–Kier alpha value is -2.12. The van der Waals surface area contributed by atoms with E-state index in [0.717, 1.165) is 19.4 Å². The number of hydrogen-bond acceptors (Lipinski definition) is 7. The van der Waals surface area contributed by atoms with Gasteiger partial charge in [0.2, 0.25) is 23.8 Å². The van der Waals surface area contributed by atoms with Gasteiger partial charge in [0, 0.05) is 39.6 Å². The molecule has 0 radical (unpaired) electrons. The second kappa shape index (κ2) is 7.05. The lowest BCUT2D eigenvalue weighted by Gasteiger charge is -2.13. The molecule has 116 valence electrons. The zero-order valence-corrected chi connectivity index (χ0v) is 12.8. The van der Waals surface area contributed by atoms with Crippen LogP contribution in [0.4, 0.5) is 17.8 Å². The Kier molecular flexibility index (Phi) is 5.13. The van der Waals surface area contributed by atoms with Crippen molar-refractivity contribution in [2.75, 3.05) is 42.7 Å². The topological polar surface area (TPSA) is 95.1 Å². The molecule has 0 aliphatic heterocycles. The SMILES string of the molecule is CCNc1nc(NCCC(=O)NC2CC2)nc(N(C)C)n1. The summed E-state index contributed by atoms with van der Waals surface area (Å²) >= 11 is 0. The number of carbonyl (C=O) groups excluding carboxylic acids is 1. The van der Waals surface area contributed by atoms with Crippen LogP contribution in [0.1, 0.15) is 26.2 Å². The summed E-state index contributed by atoms with van der Waals surface area (Å²) < 4.78 is 0. The van der Waals surface area contributed by atoms with Crippen molar-refractivity contribution in [1.82, 2.24) is 20.3 Å². The van der Waals surface area contributed by atoms with Crippen LogP contribution in [0.2, 0.25) is 0 Å². The predicted octanol–water partition coefficient (Wildman–Crippen LogP) is 0.450. The summed E-state index contributed by atoms with van der Waals surface area (Å²) in [6, 6.07) is 0.398. The van der Waals surface area contributed by atoms with Crippen molar-refractivity contribution in [3.8, 4) is 0 Å². The van der Waals surface area contributed by atoms with Gasteiger partial charge in [-0.15, -0.1) is 0 Å². The molecule has 1 saturated carbocycles. The van der Waals surface area contributed by atoms with E-state index in [1.807, 2.05) is 25.9 Å². The fourth-order valence-electron chi connectivity index (χ4n) is 1.70. The number of hydrogen-bond donors (Lipinski definition) is 3. The number of carbonyl (C=O) groups is 1. The van der Waals surface area contributed by atoms with Crippen molar-refractivity contribution in [3.05, 3.63) is 0 Å². The first-order valence-electron chi connectivity index (χ1n) is 7.29. The van der Waals surface area contributed by atoms with Crippen LogP contribution in [0.15, 0.2) is 0 Å². The molecule has 1 fully saturated rings. The third-order valence-corrected chi connectivity index (χ3v) is 2.94. The third kappa shape index (κ3) is 5.05. The first kappa shape index (κ1) is 15.3. The van der Waals surface area contributed by atoms with E-state index in [0.29, 0.717) is 36.9 Å². The van der Waals surface area contributed by atoms with Crippen LogP contribution < -0.4 is 20.9 Å². The summed E-state index contributed by atoms with van der Waals surface area (Å²) in [6.45, 7) is 3.22. The number of amides is 1. The Morgan fingerprint density at radius 3 is 2.43 bits per heavy atom. The zero-order valence-electron chi connectivity index (χ0n) is 12.8. The average Bonchev–Trinajstić information content (AvgIpc) is 3.22. The monoisotopic (exact) mass is 293 g/mol. The molecule has 1 heterocycles. The van der Waals surface area contributed by atoms with Crippen molar-refractivity contribution in [3.63, 3.8) is 0 Å². The van der Waals surface area contributed by atoms with Crippen LogP contribution in [-0.4, -0.2) is 54.1 Å². The standard InChI is InChI=1S/C13H23N7O/c1-4-14-11-17-12(19-13(18-11)20(2)3)15-8-7-10(21)16-9-5-6-9/h9H,4-8H2,1-3H3,(H,16,21)(H2,14,15,17,18,19). The molecule has 0 unspecified atom stereocenters. The smallest absolute Gasteiger partial charge is 0.231 e. The van der Waals surface area contributed by atoms with Gasteiger partial charge in [-0.05, 0) is 19.8 Å². The summed E-state index contributed by atoms with van der Waals surface area (Å²) in [5, 5.41) is 9.09. The number of nitrogens with one attached hydrogen (secondary N) is 3. The highest BCUT2D eigenvalue weighted by Crippen LogP contribution is 2.18. The number of aromatic nitrogens is 3. The van der Waals surface area contributed by atoms with Crippen LogP contribution in [-0.2, 0) is 4.79 Å². The maximum Gasteiger partial charge on any atom is 0.231 e. The molecule has 8 nitrogen and oxygen atoms in total. The zero-order chi connectivity index (χ0) is 15.2. The summed E-state index contributed by atoms with van der Waals surface area (Å²) in [4.78, 5) is 26.3. The van der Waals surface area contributed by atoms with Gasteiger partial charge >= 0.3 is 0 Å². The minimum Gasteiger partial charge on any atom is -0.354 e. The molecule has 2 rings (SSSR count). The molecule has 0 atom stereocenters. The first-order valence-corrected chi connectivity index (χ1v) is 7.29. The van der Waals surface area contributed by atoms with E-state index >= 15 is 0 Å². The Morgan fingerprint density at radius 1 is 1.19 bits per heavy atom. The normalized spacial score (nSPS) is 13.7. The molecule has 0 aromatic carbocycles. The average molecular weight is 293 g/mol. The Labute approximate surface area is 124 Å². The van der Waals surface area contributed by atoms with Gasteiger partial charge in [-0.3, -0.25) is 4.79 Å². The van der Waals surface area contributed by atoms with Gasteiger partial charge in [0.05, 0.1) is 0 Å². The quantitative estimate of drug-likeness (QED) is 0.640. The number of anilines is 3. The van der Waals surface area contributed by atoms with Gasteiger partial charge in [0.1, 0.15) is 0 Å². The maximum atomic E-state index is 11.6. The van der Waals surface area contributed by atoms with Crippen LogP contribution in [0.3, 0.4) is 0 Å². The van der Waals surface area contributed by atoms with Crippen LogP contribution in [0.25, 0.3) is 0 Å². The molecule has 1 aromatic rings. The highest BCUT2D eigenvalue weighted by Gasteiger charge is 2.22. The summed E-state index contributed by atoms with van der Waals surface area (Å²) in [5.74, 6) is 1.65. The second-order valence-electron chi connectivity index (χ2n) is 5.23. The summed E-state index contributed by atoms with van der Waals surface area (Å²) in [6.07, 6.45) is 2.62. The predicted molar refractivity (Wildman–Crippen MR) is 82.6 cm³/mol. The highest BCUT2D eigenvalue weighted by atomic mass is 16.1. The summed E-state index contributed by atoms with van der Waals surface area (Å²) in [7, 11) is 3.75. The fraction of sp³-hybridized carbons (Fsp3) is 0.692. The van der Waals surface area contributed by atoms with Gasteiger partial charge < -0.3 is 20.9 Å². The lowest BCUT2D eigenvalue weighted by atomic mass is 10.4. The van der Waals surface area contributed by atoms with E-state index in [9.17, 15) is 4.79 Å². The number of rotatable bonds is 8. The van der Waals surface area contributed by atoms with E-state index in [1.54, 1.807) is 0 Å². The van der Waals surface area contributed by atoms with E-state index < -0.39 is 0 Å². The van der Waals surface area contributed by atoms with Crippen molar-refractivity contribution in [1.29, 1.82) is 0 Å². The molecule has 3 N–H and O–H groups in total. The van der Waals surface area contributed by atoms with Gasteiger partial charge in [-0.1, -0.05) is 0 Å². The van der Waals surface area contributed by atoms with Crippen LogP contribution in [0.5, 0.6) is 0 Å². The molecule has 1 aliphatic carbocycles. The first-order chi connectivity index (χ1) is 10.1. The molecule has 1 amide bonds. The third-order valence-electron chi connectivity index (χ3n) is 2.94. The van der Waals surface area contributed by atoms with E-state index in [1.165, 1.54) is 0 Å². The fourth-order valence-corrected chi connectivity index (χ4v) is 1.70. The van der Waals surface area contributed by atoms with Gasteiger partial charge in [-0.25, -0.2) is 0 Å². The molecular weight excluding hydrogens is 270 g/mol. The van der Waals surface area contributed by atoms with E-state index in [2.05, 4.69) is 30.9 Å². The maximum absolute atomic E-state index is 11.6. The Morgan fingerprint density at radius 2 is 1.86 bits per heavy atom. The lowest BCUT2D eigenvalue weighted by Crippen LogP contribution is -2.27. The van der Waals surface area contributed by atoms with Gasteiger partial charge in [-0.2, -0.15) is 15.0 Å². The molecule has 1 aromatic heterocycles. The molecule has 1 aliphatic rings. The largest absolute Gasteiger partial charge is 0.354 e. The van der Waals surface area contributed by atoms with Crippen molar-refractivity contribution in [2.24, 2.45) is 0 Å². The molecule has 8 heteroatoms. The van der Waals surface area contributed by atoms with Gasteiger partial charge in [0.15, 0.2) is 0 Å². The molecule has 0 bridgehead atoms. The Bertz CT molecular complexity index is 487. The second-order valence-corrected chi connectivity index (χ2v) is 5.23. The molecular formula is C13H23N7O. The lowest BCUT2D eigenvalue weighted by molar-refractivity contribution is -0.120. The molecule has 0 spiro atoms.